The molecule has 2 fully saturated rings. The lowest BCUT2D eigenvalue weighted by atomic mass is 9.62. The van der Waals surface area contributed by atoms with Crippen LogP contribution in [0, 0.1) is 17.3 Å². The fraction of sp³-hybridized carbons (Fsp3) is 0.867. The Kier molecular flexibility index (Phi) is 2.12. The van der Waals surface area contributed by atoms with Gasteiger partial charge in [-0.3, -0.25) is 0 Å². The van der Waals surface area contributed by atoms with E-state index in [-0.39, 0.29) is 5.60 Å². The van der Waals surface area contributed by atoms with E-state index in [2.05, 4.69) is 33.8 Å². The highest BCUT2D eigenvalue weighted by Gasteiger charge is 2.64. The highest BCUT2D eigenvalue weighted by atomic mass is 16.5. The van der Waals surface area contributed by atoms with Gasteiger partial charge in [-0.25, -0.2) is 0 Å². The number of ether oxygens (including phenoxy) is 1. The molecule has 3 rings (SSSR count). The average Bonchev–Trinajstić information content (AvgIpc) is 2.61. The summed E-state index contributed by atoms with van der Waals surface area (Å²) in [6.07, 6.45) is 8.25. The molecule has 90 valence electrons. The van der Waals surface area contributed by atoms with Crippen molar-refractivity contribution in [3.05, 3.63) is 11.6 Å². The maximum Gasteiger partial charge on any atom is 0.0828 e. The topological polar surface area (TPSA) is 9.23 Å². The predicted octanol–water partition coefficient (Wildman–Crippen LogP) is 3.94. The van der Waals surface area contributed by atoms with Gasteiger partial charge in [0.1, 0.15) is 0 Å². The third kappa shape index (κ3) is 1.16. The van der Waals surface area contributed by atoms with Crippen LogP contribution >= 0.6 is 0 Å². The second-order valence-electron chi connectivity index (χ2n) is 6.80. The SMILES string of the molecule is CC1=CC2OC(C)(C)C3CCC(C)C23CC1. The lowest BCUT2D eigenvalue weighted by Crippen LogP contribution is -2.40. The molecule has 0 aromatic heterocycles. The fourth-order valence-corrected chi connectivity index (χ4v) is 4.80. The third-order valence-corrected chi connectivity index (χ3v) is 5.64. The van der Waals surface area contributed by atoms with Gasteiger partial charge < -0.3 is 4.74 Å². The van der Waals surface area contributed by atoms with Gasteiger partial charge in [-0.1, -0.05) is 18.6 Å². The van der Waals surface area contributed by atoms with Crippen LogP contribution in [0.2, 0.25) is 0 Å². The number of hydrogen-bond acceptors (Lipinski definition) is 1. The first-order valence-electron chi connectivity index (χ1n) is 6.82. The molecule has 0 amide bonds. The van der Waals surface area contributed by atoms with Crippen LogP contribution in [0.1, 0.15) is 53.4 Å². The van der Waals surface area contributed by atoms with E-state index >= 15 is 0 Å². The van der Waals surface area contributed by atoms with Crippen LogP contribution < -0.4 is 0 Å². The van der Waals surface area contributed by atoms with Crippen molar-refractivity contribution in [3.63, 3.8) is 0 Å². The summed E-state index contributed by atoms with van der Waals surface area (Å²) in [6.45, 7) is 9.32. The molecule has 4 atom stereocenters. The molecule has 0 N–H and O–H groups in total. The lowest BCUT2D eigenvalue weighted by Gasteiger charge is -2.40. The Morgan fingerprint density at radius 3 is 2.81 bits per heavy atom. The Morgan fingerprint density at radius 2 is 2.06 bits per heavy atom. The summed E-state index contributed by atoms with van der Waals surface area (Å²) in [5, 5.41) is 0. The van der Waals surface area contributed by atoms with E-state index < -0.39 is 0 Å². The van der Waals surface area contributed by atoms with E-state index in [0.717, 1.165) is 11.8 Å². The summed E-state index contributed by atoms with van der Waals surface area (Å²) in [5.74, 6) is 1.62. The summed E-state index contributed by atoms with van der Waals surface area (Å²) in [7, 11) is 0. The molecule has 1 heteroatoms. The minimum atomic E-state index is 0.0938. The summed E-state index contributed by atoms with van der Waals surface area (Å²) in [5.41, 5.74) is 2.10. The van der Waals surface area contributed by atoms with Gasteiger partial charge in [-0.2, -0.15) is 0 Å². The molecule has 0 aromatic carbocycles. The van der Waals surface area contributed by atoms with E-state index in [1.54, 1.807) is 0 Å². The second-order valence-corrected chi connectivity index (χ2v) is 6.80. The molecule has 16 heavy (non-hydrogen) atoms. The lowest BCUT2D eigenvalue weighted by molar-refractivity contribution is -0.0295. The first kappa shape index (κ1) is 10.8. The molecule has 1 saturated carbocycles. The van der Waals surface area contributed by atoms with Gasteiger partial charge in [0, 0.05) is 5.41 Å². The summed E-state index contributed by atoms with van der Waals surface area (Å²) < 4.78 is 6.37. The number of allylic oxidation sites excluding steroid dienone is 1. The summed E-state index contributed by atoms with van der Waals surface area (Å²) in [4.78, 5) is 0. The van der Waals surface area contributed by atoms with E-state index in [0.29, 0.717) is 11.5 Å². The molecule has 3 aliphatic rings. The van der Waals surface area contributed by atoms with E-state index in [1.807, 2.05) is 0 Å². The van der Waals surface area contributed by atoms with Crippen molar-refractivity contribution in [2.24, 2.45) is 17.3 Å². The van der Waals surface area contributed by atoms with Crippen LogP contribution in [-0.2, 0) is 4.74 Å². The minimum absolute atomic E-state index is 0.0938. The maximum atomic E-state index is 6.37. The third-order valence-electron chi connectivity index (χ3n) is 5.64. The van der Waals surface area contributed by atoms with Gasteiger partial charge in [0.05, 0.1) is 11.7 Å². The standard InChI is InChI=1S/C15H24O/c1-10-7-8-15-11(2)5-6-12(15)14(3,4)16-13(15)9-10/h9,11-13H,5-8H2,1-4H3. The maximum absolute atomic E-state index is 6.37. The van der Waals surface area contributed by atoms with Gasteiger partial charge in [-0.05, 0) is 58.3 Å². The molecule has 0 aromatic rings. The Hall–Kier alpha value is -0.300. The number of rotatable bonds is 0. The first-order valence-corrected chi connectivity index (χ1v) is 6.82. The van der Waals surface area contributed by atoms with Crippen LogP contribution in [0.5, 0.6) is 0 Å². The normalized spacial score (nSPS) is 49.8. The Labute approximate surface area is 99.3 Å². The van der Waals surface area contributed by atoms with Crippen LogP contribution in [0.4, 0.5) is 0 Å². The van der Waals surface area contributed by atoms with Crippen molar-refractivity contribution in [3.8, 4) is 0 Å². The summed E-state index contributed by atoms with van der Waals surface area (Å²) >= 11 is 0. The van der Waals surface area contributed by atoms with Crippen molar-refractivity contribution in [1.82, 2.24) is 0 Å². The first-order chi connectivity index (χ1) is 7.47. The zero-order valence-electron chi connectivity index (χ0n) is 11.0. The van der Waals surface area contributed by atoms with Gasteiger partial charge in [0.15, 0.2) is 0 Å². The second kappa shape index (κ2) is 3.13. The van der Waals surface area contributed by atoms with Crippen molar-refractivity contribution in [2.45, 2.75) is 65.1 Å². The highest BCUT2D eigenvalue weighted by molar-refractivity contribution is 5.22. The Balaban J connectivity index is 2.07. The monoisotopic (exact) mass is 220 g/mol. The van der Waals surface area contributed by atoms with Gasteiger partial charge in [0.25, 0.3) is 0 Å². The van der Waals surface area contributed by atoms with Crippen molar-refractivity contribution in [2.75, 3.05) is 0 Å². The van der Waals surface area contributed by atoms with Crippen LogP contribution in [0.15, 0.2) is 11.6 Å². The molecule has 1 heterocycles. The highest BCUT2D eigenvalue weighted by Crippen LogP contribution is 2.64. The summed E-state index contributed by atoms with van der Waals surface area (Å²) in [6, 6.07) is 0. The Bertz CT molecular complexity index is 341. The van der Waals surface area contributed by atoms with Crippen molar-refractivity contribution in [1.29, 1.82) is 0 Å². The fourth-order valence-electron chi connectivity index (χ4n) is 4.80. The van der Waals surface area contributed by atoms with E-state index in [1.165, 1.54) is 31.3 Å². The zero-order valence-corrected chi connectivity index (χ0v) is 11.0. The molecule has 4 unspecified atom stereocenters. The average molecular weight is 220 g/mol. The molecular weight excluding hydrogens is 196 g/mol. The van der Waals surface area contributed by atoms with E-state index in [9.17, 15) is 0 Å². The predicted molar refractivity (Wildman–Crippen MR) is 66.3 cm³/mol. The molecule has 1 aliphatic heterocycles. The van der Waals surface area contributed by atoms with Crippen molar-refractivity contribution < 1.29 is 4.74 Å². The Morgan fingerprint density at radius 1 is 1.31 bits per heavy atom. The molecule has 0 radical (unpaired) electrons. The van der Waals surface area contributed by atoms with Crippen LogP contribution in [0.25, 0.3) is 0 Å². The van der Waals surface area contributed by atoms with E-state index in [4.69, 9.17) is 4.74 Å². The molecular formula is C15H24O. The van der Waals surface area contributed by atoms with Gasteiger partial charge in [0.2, 0.25) is 0 Å². The molecule has 1 spiro atoms. The quantitative estimate of drug-likeness (QED) is 0.562. The van der Waals surface area contributed by atoms with Crippen molar-refractivity contribution >= 4 is 0 Å². The largest absolute Gasteiger partial charge is 0.367 e. The molecule has 1 saturated heterocycles. The van der Waals surface area contributed by atoms with Gasteiger partial charge >= 0.3 is 0 Å². The smallest absolute Gasteiger partial charge is 0.0828 e. The number of hydrogen-bond donors (Lipinski definition) is 0. The zero-order chi connectivity index (χ0) is 11.6. The molecule has 1 nitrogen and oxygen atoms in total. The van der Waals surface area contributed by atoms with Gasteiger partial charge in [-0.15, -0.1) is 0 Å². The van der Waals surface area contributed by atoms with Crippen LogP contribution in [0.3, 0.4) is 0 Å². The molecule has 0 bridgehead atoms. The molecule has 2 aliphatic carbocycles. The van der Waals surface area contributed by atoms with Crippen LogP contribution in [-0.4, -0.2) is 11.7 Å². The minimum Gasteiger partial charge on any atom is -0.367 e.